The molecule has 0 fully saturated rings. The maximum absolute atomic E-state index is 4.47. The van der Waals surface area contributed by atoms with E-state index in [1.165, 1.54) is 16.0 Å². The topological polar surface area (TPSA) is 49.3 Å². The molecule has 0 saturated heterocycles. The molecule has 0 unspecified atom stereocenters. The lowest BCUT2D eigenvalue weighted by Gasteiger charge is -2.13. The zero-order valence-electron chi connectivity index (χ0n) is 14.4. The minimum atomic E-state index is 0.794. The molecule has 2 N–H and O–H groups in total. The van der Waals surface area contributed by atoms with Gasteiger partial charge in [-0.1, -0.05) is 31.2 Å². The molecule has 0 aliphatic carbocycles. The smallest absolute Gasteiger partial charge is 0.191 e. The van der Waals surface area contributed by atoms with Crippen molar-refractivity contribution in [2.45, 2.75) is 40.2 Å². The molecule has 2 aromatic rings. The third-order valence-corrected chi connectivity index (χ3v) is 4.95. The van der Waals surface area contributed by atoms with Gasteiger partial charge in [-0.2, -0.15) is 0 Å². The normalized spacial score (nSPS) is 11.6. The highest BCUT2D eigenvalue weighted by atomic mass is 32.1. The van der Waals surface area contributed by atoms with Gasteiger partial charge in [0.05, 0.1) is 10.7 Å². The standard InChI is InChI=1S/C18H26N4S/c1-5-15-8-6-7-9-16(15)12-21-18(19-4)20-11-10-17-13(2)22-14(3)23-17/h6-9H,5,10-12H2,1-4H3,(H2,19,20,21). The van der Waals surface area contributed by atoms with Gasteiger partial charge in [0.15, 0.2) is 5.96 Å². The predicted molar refractivity (Wildman–Crippen MR) is 99.3 cm³/mol. The molecule has 1 heterocycles. The Labute approximate surface area is 143 Å². The summed E-state index contributed by atoms with van der Waals surface area (Å²) in [7, 11) is 1.81. The van der Waals surface area contributed by atoms with Gasteiger partial charge in [-0.3, -0.25) is 4.99 Å². The van der Waals surface area contributed by atoms with E-state index in [-0.39, 0.29) is 0 Å². The number of aromatic nitrogens is 1. The summed E-state index contributed by atoms with van der Waals surface area (Å²) in [5, 5.41) is 7.91. The van der Waals surface area contributed by atoms with Gasteiger partial charge in [0.2, 0.25) is 0 Å². The molecule has 0 atom stereocenters. The first kappa shape index (κ1) is 17.5. The zero-order valence-corrected chi connectivity index (χ0v) is 15.3. The predicted octanol–water partition coefficient (Wildman–Crippen LogP) is 3.23. The van der Waals surface area contributed by atoms with E-state index in [0.717, 1.165) is 42.6 Å². The highest BCUT2D eigenvalue weighted by Crippen LogP contribution is 2.17. The van der Waals surface area contributed by atoms with E-state index in [1.54, 1.807) is 11.3 Å². The van der Waals surface area contributed by atoms with E-state index in [4.69, 9.17) is 0 Å². The molecule has 0 amide bonds. The molecule has 23 heavy (non-hydrogen) atoms. The van der Waals surface area contributed by atoms with Crippen molar-refractivity contribution in [3.63, 3.8) is 0 Å². The van der Waals surface area contributed by atoms with Crippen molar-refractivity contribution >= 4 is 17.3 Å². The number of benzene rings is 1. The van der Waals surface area contributed by atoms with Crippen LogP contribution in [-0.4, -0.2) is 24.5 Å². The Morgan fingerprint density at radius 1 is 1.17 bits per heavy atom. The number of rotatable bonds is 6. The van der Waals surface area contributed by atoms with Crippen molar-refractivity contribution in [2.75, 3.05) is 13.6 Å². The first-order chi connectivity index (χ1) is 11.1. The number of guanidine groups is 1. The summed E-state index contributed by atoms with van der Waals surface area (Å²) in [4.78, 5) is 10.1. The number of thiazole rings is 1. The lowest BCUT2D eigenvalue weighted by Crippen LogP contribution is -2.38. The van der Waals surface area contributed by atoms with Crippen LogP contribution < -0.4 is 10.6 Å². The molecule has 0 bridgehead atoms. The van der Waals surface area contributed by atoms with Crippen LogP contribution in [0.4, 0.5) is 0 Å². The Morgan fingerprint density at radius 2 is 1.91 bits per heavy atom. The van der Waals surface area contributed by atoms with Gasteiger partial charge in [0.25, 0.3) is 0 Å². The second-order valence-corrected chi connectivity index (χ2v) is 6.75. The van der Waals surface area contributed by atoms with Gasteiger partial charge >= 0.3 is 0 Å². The van der Waals surface area contributed by atoms with E-state index < -0.39 is 0 Å². The average molecular weight is 331 g/mol. The van der Waals surface area contributed by atoms with Crippen LogP contribution in [0.3, 0.4) is 0 Å². The van der Waals surface area contributed by atoms with E-state index in [0.29, 0.717) is 0 Å². The van der Waals surface area contributed by atoms with Crippen molar-refractivity contribution < 1.29 is 0 Å². The second-order valence-electron chi connectivity index (χ2n) is 5.47. The van der Waals surface area contributed by atoms with Crippen molar-refractivity contribution in [1.29, 1.82) is 0 Å². The molecule has 0 radical (unpaired) electrons. The SMILES string of the molecule is CCc1ccccc1CNC(=NC)NCCc1sc(C)nc1C. The fourth-order valence-corrected chi connectivity index (χ4v) is 3.51. The van der Waals surface area contributed by atoms with Gasteiger partial charge in [0.1, 0.15) is 0 Å². The first-order valence-electron chi connectivity index (χ1n) is 8.08. The highest BCUT2D eigenvalue weighted by Gasteiger charge is 2.05. The first-order valence-corrected chi connectivity index (χ1v) is 8.90. The van der Waals surface area contributed by atoms with Crippen molar-refractivity contribution in [2.24, 2.45) is 4.99 Å². The molecule has 2 rings (SSSR count). The zero-order chi connectivity index (χ0) is 16.7. The Balaban J connectivity index is 1.83. The van der Waals surface area contributed by atoms with Crippen LogP contribution in [0.1, 0.15) is 33.6 Å². The lowest BCUT2D eigenvalue weighted by atomic mass is 10.1. The molecule has 4 nitrogen and oxygen atoms in total. The average Bonchev–Trinajstić information content (AvgIpc) is 2.88. The second kappa shape index (κ2) is 8.67. The molecule has 124 valence electrons. The Bertz CT molecular complexity index is 661. The Kier molecular flexibility index (Phi) is 6.59. The van der Waals surface area contributed by atoms with Gasteiger partial charge < -0.3 is 10.6 Å². The molecule has 0 spiro atoms. The maximum atomic E-state index is 4.47. The van der Waals surface area contributed by atoms with Crippen LogP contribution in [0.25, 0.3) is 0 Å². The number of aliphatic imine (C=N–C) groups is 1. The monoisotopic (exact) mass is 330 g/mol. The van der Waals surface area contributed by atoms with Crippen LogP contribution in [0.15, 0.2) is 29.3 Å². The van der Waals surface area contributed by atoms with Crippen LogP contribution in [0.5, 0.6) is 0 Å². The van der Waals surface area contributed by atoms with E-state index in [2.05, 4.69) is 65.6 Å². The highest BCUT2D eigenvalue weighted by molar-refractivity contribution is 7.11. The van der Waals surface area contributed by atoms with Gasteiger partial charge in [-0.25, -0.2) is 4.98 Å². The molecule has 5 heteroatoms. The van der Waals surface area contributed by atoms with Crippen molar-refractivity contribution in [3.05, 3.63) is 51.0 Å². The summed E-state index contributed by atoms with van der Waals surface area (Å²) in [6.45, 7) is 7.97. The third kappa shape index (κ3) is 5.06. The lowest BCUT2D eigenvalue weighted by molar-refractivity contribution is 0.791. The molecular weight excluding hydrogens is 304 g/mol. The number of aryl methyl sites for hydroxylation is 3. The number of nitrogens with zero attached hydrogens (tertiary/aromatic N) is 2. The van der Waals surface area contributed by atoms with E-state index in [9.17, 15) is 0 Å². The fraction of sp³-hybridized carbons (Fsp3) is 0.444. The molecule has 1 aromatic carbocycles. The van der Waals surface area contributed by atoms with Gasteiger partial charge in [0, 0.05) is 31.4 Å². The Morgan fingerprint density at radius 3 is 2.52 bits per heavy atom. The minimum absolute atomic E-state index is 0.794. The third-order valence-electron chi connectivity index (χ3n) is 3.81. The molecule has 0 aliphatic heterocycles. The van der Waals surface area contributed by atoms with Crippen molar-refractivity contribution in [1.82, 2.24) is 15.6 Å². The van der Waals surface area contributed by atoms with E-state index >= 15 is 0 Å². The number of nitrogens with one attached hydrogen (secondary N) is 2. The fourth-order valence-electron chi connectivity index (χ4n) is 2.57. The molecular formula is C18H26N4S. The summed E-state index contributed by atoms with van der Waals surface area (Å²) in [5.74, 6) is 0.842. The maximum Gasteiger partial charge on any atom is 0.191 e. The summed E-state index contributed by atoms with van der Waals surface area (Å²) in [6, 6.07) is 8.53. The number of hydrogen-bond acceptors (Lipinski definition) is 3. The van der Waals surface area contributed by atoms with Gasteiger partial charge in [-0.15, -0.1) is 11.3 Å². The van der Waals surface area contributed by atoms with Crippen LogP contribution in [0.2, 0.25) is 0 Å². The van der Waals surface area contributed by atoms with Crippen molar-refractivity contribution in [3.8, 4) is 0 Å². The summed E-state index contributed by atoms with van der Waals surface area (Å²) in [6.07, 6.45) is 2.03. The minimum Gasteiger partial charge on any atom is -0.356 e. The van der Waals surface area contributed by atoms with Crippen LogP contribution in [0, 0.1) is 13.8 Å². The van der Waals surface area contributed by atoms with Crippen LogP contribution in [-0.2, 0) is 19.4 Å². The quantitative estimate of drug-likeness (QED) is 0.631. The van der Waals surface area contributed by atoms with Crippen LogP contribution >= 0.6 is 11.3 Å². The largest absolute Gasteiger partial charge is 0.356 e. The van der Waals surface area contributed by atoms with E-state index in [1.807, 2.05) is 7.05 Å². The summed E-state index contributed by atoms with van der Waals surface area (Å²) >= 11 is 1.78. The number of hydrogen-bond donors (Lipinski definition) is 2. The molecule has 0 aliphatic rings. The summed E-state index contributed by atoms with van der Waals surface area (Å²) < 4.78 is 0. The molecule has 0 saturated carbocycles. The molecule has 1 aromatic heterocycles. The van der Waals surface area contributed by atoms with Gasteiger partial charge in [-0.05, 0) is 31.4 Å². The summed E-state index contributed by atoms with van der Waals surface area (Å²) in [5.41, 5.74) is 3.85. The Hall–Kier alpha value is -1.88.